The van der Waals surface area contributed by atoms with Crippen LogP contribution in [0.1, 0.15) is 22.7 Å². The summed E-state index contributed by atoms with van der Waals surface area (Å²) in [5.74, 6) is 1.64. The van der Waals surface area contributed by atoms with E-state index >= 15 is 0 Å². The number of ether oxygens (including phenoxy) is 3. The van der Waals surface area contributed by atoms with Gasteiger partial charge in [0.15, 0.2) is 0 Å². The van der Waals surface area contributed by atoms with Crippen LogP contribution in [-0.4, -0.2) is 20.8 Å². The van der Waals surface area contributed by atoms with Crippen LogP contribution in [0.4, 0.5) is 13.2 Å². The third-order valence-corrected chi connectivity index (χ3v) is 4.15. The summed E-state index contributed by atoms with van der Waals surface area (Å²) in [7, 11) is 3.15. The van der Waals surface area contributed by atoms with Crippen molar-refractivity contribution in [2.45, 2.75) is 18.8 Å². The molecule has 0 bridgehead atoms. The molecule has 3 rings (SSSR count). The third kappa shape index (κ3) is 3.66. The Morgan fingerprint density at radius 3 is 2.60 bits per heavy atom. The highest BCUT2D eigenvalue weighted by Gasteiger charge is 2.33. The zero-order chi connectivity index (χ0) is 18.0. The smallest absolute Gasteiger partial charge is 0.416 e. The fourth-order valence-corrected chi connectivity index (χ4v) is 2.79. The van der Waals surface area contributed by atoms with Gasteiger partial charge in [-0.05, 0) is 18.2 Å². The molecular formula is C18H18F3NO3. The van der Waals surface area contributed by atoms with Crippen LogP contribution in [0.25, 0.3) is 0 Å². The van der Waals surface area contributed by atoms with Crippen molar-refractivity contribution in [3.63, 3.8) is 0 Å². The van der Waals surface area contributed by atoms with E-state index in [0.717, 1.165) is 23.3 Å². The summed E-state index contributed by atoms with van der Waals surface area (Å²) in [5.41, 5.74) is 0.938. The van der Waals surface area contributed by atoms with Crippen LogP contribution < -0.4 is 19.5 Å². The molecule has 0 radical (unpaired) electrons. The molecule has 1 heterocycles. The molecule has 0 spiro atoms. The van der Waals surface area contributed by atoms with Gasteiger partial charge in [0.2, 0.25) is 0 Å². The topological polar surface area (TPSA) is 39.7 Å². The van der Waals surface area contributed by atoms with Gasteiger partial charge < -0.3 is 19.5 Å². The maximum atomic E-state index is 12.8. The molecule has 2 aromatic carbocycles. The Bertz CT molecular complexity index is 762. The highest BCUT2D eigenvalue weighted by molar-refractivity contribution is 5.44. The molecule has 0 amide bonds. The van der Waals surface area contributed by atoms with Gasteiger partial charge in [-0.2, -0.15) is 13.2 Å². The van der Waals surface area contributed by atoms with Crippen molar-refractivity contribution in [3.05, 3.63) is 53.1 Å². The summed E-state index contributed by atoms with van der Waals surface area (Å²) < 4.78 is 54.2. The van der Waals surface area contributed by atoms with Gasteiger partial charge in [-0.25, -0.2) is 0 Å². The first-order valence-electron chi connectivity index (χ1n) is 7.70. The van der Waals surface area contributed by atoms with Gasteiger partial charge in [-0.3, -0.25) is 0 Å². The Balaban J connectivity index is 1.73. The van der Waals surface area contributed by atoms with Crippen LogP contribution in [-0.2, 0) is 12.7 Å². The van der Waals surface area contributed by atoms with E-state index < -0.39 is 11.7 Å². The third-order valence-electron chi connectivity index (χ3n) is 4.15. The van der Waals surface area contributed by atoms with E-state index in [9.17, 15) is 13.2 Å². The summed E-state index contributed by atoms with van der Waals surface area (Å²) in [5, 5.41) is 3.30. The zero-order valence-electron chi connectivity index (χ0n) is 13.8. The van der Waals surface area contributed by atoms with E-state index in [1.54, 1.807) is 20.3 Å². The lowest BCUT2D eigenvalue weighted by Crippen LogP contribution is -2.22. The molecule has 1 N–H and O–H groups in total. The maximum absolute atomic E-state index is 12.8. The molecule has 25 heavy (non-hydrogen) atoms. The maximum Gasteiger partial charge on any atom is 0.416 e. The Morgan fingerprint density at radius 1 is 1.12 bits per heavy atom. The number of nitrogens with one attached hydrogen (secondary N) is 1. The number of hydrogen-bond donors (Lipinski definition) is 1. The Hall–Kier alpha value is -2.41. The molecule has 1 aliphatic heterocycles. The molecule has 0 aliphatic carbocycles. The minimum absolute atomic E-state index is 0.177. The normalized spacial score (nSPS) is 16.3. The van der Waals surface area contributed by atoms with Crippen LogP contribution in [0.3, 0.4) is 0 Å². The molecule has 0 saturated heterocycles. The van der Waals surface area contributed by atoms with Crippen molar-refractivity contribution >= 4 is 0 Å². The molecule has 0 fully saturated rings. The molecule has 0 aromatic heterocycles. The number of fused-ring (bicyclic) bond motifs is 1. The van der Waals surface area contributed by atoms with E-state index in [4.69, 9.17) is 14.2 Å². The second-order valence-corrected chi connectivity index (χ2v) is 5.67. The van der Waals surface area contributed by atoms with Crippen molar-refractivity contribution in [3.8, 4) is 17.2 Å². The van der Waals surface area contributed by atoms with Crippen LogP contribution in [0.5, 0.6) is 17.2 Å². The van der Waals surface area contributed by atoms with Crippen LogP contribution in [0.15, 0.2) is 36.4 Å². The Kier molecular flexibility index (Phi) is 4.76. The fraction of sp³-hybridized carbons (Fsp3) is 0.333. The number of alkyl halides is 3. The lowest BCUT2D eigenvalue weighted by molar-refractivity contribution is -0.137. The second-order valence-electron chi connectivity index (χ2n) is 5.67. The largest absolute Gasteiger partial charge is 0.497 e. The first-order chi connectivity index (χ1) is 11.9. The van der Waals surface area contributed by atoms with Crippen molar-refractivity contribution in [1.29, 1.82) is 0 Å². The predicted octanol–water partition coefficient (Wildman–Crippen LogP) is 3.95. The molecule has 134 valence electrons. The van der Waals surface area contributed by atoms with Crippen molar-refractivity contribution in [1.82, 2.24) is 5.32 Å². The number of rotatable bonds is 5. The Labute approximate surface area is 143 Å². The molecule has 2 aromatic rings. The van der Waals surface area contributed by atoms with Crippen LogP contribution >= 0.6 is 0 Å². The monoisotopic (exact) mass is 353 g/mol. The first-order valence-corrected chi connectivity index (χ1v) is 7.70. The molecule has 4 nitrogen and oxygen atoms in total. The standard InChI is InChI=1S/C18H18F3NO3/c1-23-13-5-3-11(16(8-13)24-2)9-22-15-10-25-17-7-12(18(19,20)21)4-6-14(15)17/h3-8,15,22H,9-10H2,1-2H3. The fourth-order valence-electron chi connectivity index (χ4n) is 2.79. The molecular weight excluding hydrogens is 335 g/mol. The molecule has 1 atom stereocenters. The summed E-state index contributed by atoms with van der Waals surface area (Å²) in [4.78, 5) is 0. The number of methoxy groups -OCH3 is 2. The van der Waals surface area contributed by atoms with Crippen LogP contribution in [0.2, 0.25) is 0 Å². The average Bonchev–Trinajstić information content (AvgIpc) is 3.01. The molecule has 0 saturated carbocycles. The quantitative estimate of drug-likeness (QED) is 0.884. The molecule has 7 heteroatoms. The van der Waals surface area contributed by atoms with Gasteiger partial charge >= 0.3 is 6.18 Å². The van der Waals surface area contributed by atoms with E-state index in [2.05, 4.69) is 5.32 Å². The highest BCUT2D eigenvalue weighted by atomic mass is 19.4. The highest BCUT2D eigenvalue weighted by Crippen LogP contribution is 2.38. The van der Waals surface area contributed by atoms with E-state index in [1.807, 2.05) is 12.1 Å². The summed E-state index contributed by atoms with van der Waals surface area (Å²) in [6, 6.07) is 8.91. The summed E-state index contributed by atoms with van der Waals surface area (Å²) in [6.45, 7) is 0.775. The number of halogens is 3. The minimum atomic E-state index is -4.37. The van der Waals surface area contributed by atoms with Crippen molar-refractivity contribution < 1.29 is 27.4 Å². The van der Waals surface area contributed by atoms with E-state index in [-0.39, 0.29) is 18.4 Å². The van der Waals surface area contributed by atoms with Gasteiger partial charge in [0, 0.05) is 23.7 Å². The Morgan fingerprint density at radius 2 is 1.92 bits per heavy atom. The number of benzene rings is 2. The number of hydrogen-bond acceptors (Lipinski definition) is 4. The van der Waals surface area contributed by atoms with Gasteiger partial charge in [-0.1, -0.05) is 12.1 Å². The average molecular weight is 353 g/mol. The van der Waals surface area contributed by atoms with Gasteiger partial charge in [0.25, 0.3) is 0 Å². The lowest BCUT2D eigenvalue weighted by Gasteiger charge is -2.15. The van der Waals surface area contributed by atoms with Gasteiger partial charge in [0.05, 0.1) is 25.8 Å². The first kappa shape index (κ1) is 17.4. The van der Waals surface area contributed by atoms with Crippen molar-refractivity contribution in [2.75, 3.05) is 20.8 Å². The molecule has 1 aliphatic rings. The van der Waals surface area contributed by atoms with E-state index in [1.165, 1.54) is 6.07 Å². The lowest BCUT2D eigenvalue weighted by atomic mass is 10.1. The SMILES string of the molecule is COc1ccc(CNC2COc3cc(C(F)(F)F)ccc32)c(OC)c1. The van der Waals surface area contributed by atoms with Crippen LogP contribution in [0, 0.1) is 0 Å². The zero-order valence-corrected chi connectivity index (χ0v) is 13.8. The van der Waals surface area contributed by atoms with Gasteiger partial charge in [-0.15, -0.1) is 0 Å². The van der Waals surface area contributed by atoms with Gasteiger partial charge in [0.1, 0.15) is 23.9 Å². The second kappa shape index (κ2) is 6.84. The molecule has 1 unspecified atom stereocenters. The predicted molar refractivity (Wildman–Crippen MR) is 86.1 cm³/mol. The minimum Gasteiger partial charge on any atom is -0.497 e. The van der Waals surface area contributed by atoms with E-state index in [0.29, 0.717) is 18.0 Å². The summed E-state index contributed by atoms with van der Waals surface area (Å²) >= 11 is 0. The summed E-state index contributed by atoms with van der Waals surface area (Å²) in [6.07, 6.45) is -4.37. The van der Waals surface area contributed by atoms with Crippen molar-refractivity contribution in [2.24, 2.45) is 0 Å².